The number of aliphatic carboxylic acids is 1. The van der Waals surface area contributed by atoms with Crippen molar-refractivity contribution in [2.24, 2.45) is 13.0 Å². The Morgan fingerprint density at radius 1 is 1.37 bits per heavy atom. The third-order valence-electron chi connectivity index (χ3n) is 5.49. The van der Waals surface area contributed by atoms with Crippen LogP contribution in [0.5, 0.6) is 0 Å². The lowest BCUT2D eigenvalue weighted by Crippen LogP contribution is -2.18. The minimum absolute atomic E-state index is 0.253. The van der Waals surface area contributed by atoms with Crippen LogP contribution in [0.25, 0.3) is 16.8 Å². The smallest absolute Gasteiger partial charge is 0.303 e. The number of hydrogen-bond donors (Lipinski definition) is 2. The fraction of sp³-hybridized carbons (Fsp3) is 0.421. The van der Waals surface area contributed by atoms with E-state index in [1.54, 1.807) is 10.7 Å². The average Bonchev–Trinajstić information content (AvgIpc) is 3.24. The van der Waals surface area contributed by atoms with Crippen LogP contribution in [0.4, 0.5) is 5.82 Å². The van der Waals surface area contributed by atoms with Crippen molar-refractivity contribution in [1.82, 2.24) is 19.2 Å². The highest BCUT2D eigenvalue weighted by molar-refractivity contribution is 9.10. The minimum Gasteiger partial charge on any atom is -0.481 e. The summed E-state index contributed by atoms with van der Waals surface area (Å²) >= 11 is 3.62. The molecule has 0 bridgehead atoms. The van der Waals surface area contributed by atoms with Crippen molar-refractivity contribution in [3.63, 3.8) is 0 Å². The molecule has 27 heavy (non-hydrogen) atoms. The summed E-state index contributed by atoms with van der Waals surface area (Å²) in [7, 11) is 1.98. The molecule has 0 atom stereocenters. The Morgan fingerprint density at radius 2 is 2.11 bits per heavy atom. The minimum atomic E-state index is -0.713. The van der Waals surface area contributed by atoms with E-state index in [9.17, 15) is 4.79 Å². The van der Waals surface area contributed by atoms with E-state index in [4.69, 9.17) is 15.8 Å². The molecular weight excluding hydrogens is 410 g/mol. The molecule has 7 nitrogen and oxygen atoms in total. The lowest BCUT2D eigenvalue weighted by molar-refractivity contribution is -0.138. The van der Waals surface area contributed by atoms with Crippen molar-refractivity contribution < 1.29 is 9.90 Å². The molecule has 0 saturated heterocycles. The predicted molar refractivity (Wildman–Crippen MR) is 106 cm³/mol. The lowest BCUT2D eigenvalue weighted by Gasteiger charge is -2.28. The van der Waals surface area contributed by atoms with Crippen LogP contribution in [0.1, 0.15) is 43.7 Å². The van der Waals surface area contributed by atoms with Crippen molar-refractivity contribution in [2.75, 3.05) is 5.73 Å². The van der Waals surface area contributed by atoms with E-state index in [2.05, 4.69) is 21.0 Å². The zero-order valence-corrected chi connectivity index (χ0v) is 16.7. The fourth-order valence-electron chi connectivity index (χ4n) is 4.04. The van der Waals surface area contributed by atoms with E-state index in [1.807, 2.05) is 30.1 Å². The molecule has 4 rings (SSSR count). The first-order valence-electron chi connectivity index (χ1n) is 9.10. The Kier molecular flexibility index (Phi) is 4.67. The molecule has 3 heterocycles. The molecule has 1 saturated carbocycles. The van der Waals surface area contributed by atoms with Gasteiger partial charge in [0.1, 0.15) is 5.82 Å². The maximum Gasteiger partial charge on any atom is 0.303 e. The summed E-state index contributed by atoms with van der Waals surface area (Å²) < 4.78 is 4.46. The molecule has 3 aromatic rings. The number of fused-ring (bicyclic) bond motifs is 1. The summed E-state index contributed by atoms with van der Waals surface area (Å²) in [5.74, 6) is 0.365. The fourth-order valence-corrected chi connectivity index (χ4v) is 4.62. The van der Waals surface area contributed by atoms with Gasteiger partial charge in [-0.05, 0) is 53.6 Å². The number of aromatic nitrogens is 4. The number of nitrogens with zero attached hydrogens (tertiary/aromatic N) is 4. The number of rotatable bonds is 4. The molecule has 0 aromatic carbocycles. The first kappa shape index (κ1) is 18.0. The highest BCUT2D eigenvalue weighted by Gasteiger charge is 2.28. The van der Waals surface area contributed by atoms with Crippen molar-refractivity contribution >= 4 is 33.4 Å². The Hall–Kier alpha value is -2.35. The molecule has 0 amide bonds. The Bertz CT molecular complexity index is 1000. The molecule has 0 unspecified atom stereocenters. The quantitative estimate of drug-likeness (QED) is 0.653. The van der Waals surface area contributed by atoms with Crippen LogP contribution in [0.2, 0.25) is 0 Å². The highest BCUT2D eigenvalue weighted by Crippen LogP contribution is 2.41. The van der Waals surface area contributed by atoms with Gasteiger partial charge in [-0.2, -0.15) is 9.61 Å². The van der Waals surface area contributed by atoms with Gasteiger partial charge in [-0.25, -0.2) is 4.98 Å². The molecule has 0 aliphatic heterocycles. The SMILES string of the molecule is Cn1ccc(-c2cnn3c(N)c(Br)c([C@H]4CC[C@H](CC(=O)O)CC4)nc23)c1. The number of aryl methyl sites for hydroxylation is 1. The zero-order chi connectivity index (χ0) is 19.1. The van der Waals surface area contributed by atoms with E-state index in [0.717, 1.165) is 52.6 Å². The van der Waals surface area contributed by atoms with Crippen LogP contribution in [0, 0.1) is 5.92 Å². The van der Waals surface area contributed by atoms with Crippen LogP contribution < -0.4 is 5.73 Å². The molecular formula is C19H22BrN5O2. The third-order valence-corrected chi connectivity index (χ3v) is 6.30. The summed E-state index contributed by atoms with van der Waals surface area (Å²) in [6.07, 6.45) is 9.74. The van der Waals surface area contributed by atoms with Gasteiger partial charge in [-0.3, -0.25) is 4.79 Å². The summed E-state index contributed by atoms with van der Waals surface area (Å²) in [5, 5.41) is 13.4. The Balaban J connectivity index is 1.69. The van der Waals surface area contributed by atoms with Gasteiger partial charge in [0.25, 0.3) is 0 Å². The number of nitrogen functional groups attached to an aromatic ring is 1. The number of carbonyl (C=O) groups is 1. The number of anilines is 1. The second kappa shape index (κ2) is 6.99. The van der Waals surface area contributed by atoms with Crippen molar-refractivity contribution in [2.45, 2.75) is 38.0 Å². The molecule has 142 valence electrons. The van der Waals surface area contributed by atoms with Crippen LogP contribution in [0.3, 0.4) is 0 Å². The molecule has 1 aliphatic rings. The Morgan fingerprint density at radius 3 is 2.74 bits per heavy atom. The van der Waals surface area contributed by atoms with Crippen molar-refractivity contribution in [3.8, 4) is 11.1 Å². The molecule has 1 fully saturated rings. The van der Waals surface area contributed by atoms with Gasteiger partial charge in [0.05, 0.1) is 16.4 Å². The second-order valence-corrected chi connectivity index (χ2v) is 8.16. The molecule has 3 N–H and O–H groups in total. The summed E-state index contributed by atoms with van der Waals surface area (Å²) in [4.78, 5) is 15.9. The second-order valence-electron chi connectivity index (χ2n) is 7.37. The summed E-state index contributed by atoms with van der Waals surface area (Å²) in [6, 6.07) is 2.04. The zero-order valence-electron chi connectivity index (χ0n) is 15.1. The third kappa shape index (κ3) is 3.34. The van der Waals surface area contributed by atoms with Crippen molar-refractivity contribution in [3.05, 3.63) is 34.8 Å². The summed E-state index contributed by atoms with van der Waals surface area (Å²) in [5.41, 5.74) is 10.1. The van der Waals surface area contributed by atoms with Crippen LogP contribution in [0.15, 0.2) is 29.1 Å². The average molecular weight is 432 g/mol. The monoisotopic (exact) mass is 431 g/mol. The Labute approximate surface area is 165 Å². The van der Waals surface area contributed by atoms with Crippen LogP contribution >= 0.6 is 15.9 Å². The molecule has 8 heteroatoms. The van der Waals surface area contributed by atoms with Gasteiger partial charge in [0.15, 0.2) is 5.65 Å². The lowest BCUT2D eigenvalue weighted by atomic mass is 9.79. The van der Waals surface area contributed by atoms with Crippen LogP contribution in [-0.4, -0.2) is 30.2 Å². The van der Waals surface area contributed by atoms with Gasteiger partial charge in [-0.15, -0.1) is 0 Å². The van der Waals surface area contributed by atoms with Crippen LogP contribution in [-0.2, 0) is 11.8 Å². The highest BCUT2D eigenvalue weighted by atomic mass is 79.9. The number of hydrogen-bond acceptors (Lipinski definition) is 4. The number of nitrogens with two attached hydrogens (primary N) is 1. The number of carboxylic acids is 1. The first-order valence-corrected chi connectivity index (χ1v) is 9.90. The van der Waals surface area contributed by atoms with Gasteiger partial charge < -0.3 is 15.4 Å². The van der Waals surface area contributed by atoms with Gasteiger partial charge in [0.2, 0.25) is 0 Å². The van der Waals surface area contributed by atoms with E-state index in [1.165, 1.54) is 0 Å². The molecule has 0 radical (unpaired) electrons. The predicted octanol–water partition coefficient (Wildman–Crippen LogP) is 3.83. The standard InChI is InChI=1S/C19H22BrN5O2/c1-24-7-6-13(10-24)14-9-22-25-18(21)16(20)17(23-19(14)25)12-4-2-11(3-5-12)8-15(26)27/h6-7,9-12H,2-5,8,21H2,1H3,(H,26,27)/t11-,12-. The van der Waals surface area contributed by atoms with E-state index in [0.29, 0.717) is 5.82 Å². The summed E-state index contributed by atoms with van der Waals surface area (Å²) in [6.45, 7) is 0. The molecule has 0 spiro atoms. The van der Waals surface area contributed by atoms with Gasteiger partial charge in [-0.1, -0.05) is 0 Å². The first-order chi connectivity index (χ1) is 12.9. The number of carboxylic acid groups (broad SMARTS) is 1. The van der Waals surface area contributed by atoms with E-state index >= 15 is 0 Å². The maximum atomic E-state index is 11.0. The maximum absolute atomic E-state index is 11.0. The van der Waals surface area contributed by atoms with Gasteiger partial charge >= 0.3 is 5.97 Å². The van der Waals surface area contributed by atoms with Gasteiger partial charge in [0, 0.05) is 42.9 Å². The molecule has 1 aliphatic carbocycles. The molecule has 3 aromatic heterocycles. The largest absolute Gasteiger partial charge is 0.481 e. The van der Waals surface area contributed by atoms with E-state index in [-0.39, 0.29) is 18.3 Å². The topological polar surface area (TPSA) is 98.4 Å². The van der Waals surface area contributed by atoms with E-state index < -0.39 is 5.97 Å². The normalized spacial score (nSPS) is 20.2. The van der Waals surface area contributed by atoms with Crippen molar-refractivity contribution in [1.29, 1.82) is 0 Å². The number of halogens is 1.